The van der Waals surface area contributed by atoms with Crippen molar-refractivity contribution in [1.29, 1.82) is 0 Å². The molecule has 5 heteroatoms. The number of carbonyl (C=O) groups excluding carboxylic acids is 1. The normalized spacial score (nSPS) is 16.7. The molecule has 0 spiro atoms. The first-order chi connectivity index (χ1) is 11.8. The van der Waals surface area contributed by atoms with E-state index < -0.39 is 0 Å². The summed E-state index contributed by atoms with van der Waals surface area (Å²) in [6, 6.07) is 12.5. The van der Waals surface area contributed by atoms with Gasteiger partial charge in [-0.2, -0.15) is 11.3 Å². The van der Waals surface area contributed by atoms with E-state index in [9.17, 15) is 4.79 Å². The van der Waals surface area contributed by atoms with Crippen molar-refractivity contribution in [3.05, 3.63) is 58.3 Å². The average molecular weight is 344 g/mol. The van der Waals surface area contributed by atoms with Gasteiger partial charge in [0.15, 0.2) is 0 Å². The number of rotatable bonds is 7. The number of nitrogens with one attached hydrogen (secondary N) is 1. The predicted molar refractivity (Wildman–Crippen MR) is 97.2 cm³/mol. The van der Waals surface area contributed by atoms with Gasteiger partial charge in [-0.15, -0.1) is 0 Å². The van der Waals surface area contributed by atoms with E-state index in [2.05, 4.69) is 39.2 Å². The van der Waals surface area contributed by atoms with E-state index >= 15 is 0 Å². The Hall–Kier alpha value is -1.69. The lowest BCUT2D eigenvalue weighted by Crippen LogP contribution is -2.43. The molecule has 1 aromatic heterocycles. The topological polar surface area (TPSA) is 41.6 Å². The number of morpholine rings is 1. The Morgan fingerprint density at radius 3 is 2.71 bits per heavy atom. The molecule has 1 N–H and O–H groups in total. The van der Waals surface area contributed by atoms with Gasteiger partial charge in [0.05, 0.1) is 19.3 Å². The molecule has 128 valence electrons. The van der Waals surface area contributed by atoms with E-state index in [1.54, 1.807) is 11.3 Å². The molecule has 0 bridgehead atoms. The fourth-order valence-electron chi connectivity index (χ4n) is 3.01. The number of aryl methyl sites for hydroxylation is 1. The van der Waals surface area contributed by atoms with E-state index in [1.807, 2.05) is 18.2 Å². The summed E-state index contributed by atoms with van der Waals surface area (Å²) in [5.41, 5.74) is 2.49. The molecule has 4 nitrogen and oxygen atoms in total. The molecule has 1 aromatic carbocycles. The lowest BCUT2D eigenvalue weighted by atomic mass is 10.1. The van der Waals surface area contributed by atoms with Crippen LogP contribution in [0.4, 0.5) is 0 Å². The van der Waals surface area contributed by atoms with Gasteiger partial charge in [-0.1, -0.05) is 30.3 Å². The molecule has 1 aliphatic heterocycles. The summed E-state index contributed by atoms with van der Waals surface area (Å²) in [5, 5.41) is 7.40. The third-order valence-electron chi connectivity index (χ3n) is 4.39. The van der Waals surface area contributed by atoms with Gasteiger partial charge in [-0.25, -0.2) is 0 Å². The van der Waals surface area contributed by atoms with Crippen LogP contribution in [0.2, 0.25) is 0 Å². The minimum absolute atomic E-state index is 0.118. The van der Waals surface area contributed by atoms with Crippen molar-refractivity contribution in [2.45, 2.75) is 18.9 Å². The largest absolute Gasteiger partial charge is 0.379 e. The van der Waals surface area contributed by atoms with Crippen LogP contribution in [-0.4, -0.2) is 43.7 Å². The zero-order valence-electron chi connectivity index (χ0n) is 13.8. The van der Waals surface area contributed by atoms with Crippen molar-refractivity contribution in [2.24, 2.45) is 0 Å². The number of benzene rings is 1. The van der Waals surface area contributed by atoms with Crippen LogP contribution in [0, 0.1) is 0 Å². The van der Waals surface area contributed by atoms with Crippen molar-refractivity contribution in [3.8, 4) is 0 Å². The third-order valence-corrected chi connectivity index (χ3v) is 5.09. The van der Waals surface area contributed by atoms with Gasteiger partial charge in [0.25, 0.3) is 0 Å². The quantitative estimate of drug-likeness (QED) is 0.840. The Balaban J connectivity index is 1.52. The number of thiophene rings is 1. The number of ether oxygens (including phenoxy) is 1. The van der Waals surface area contributed by atoms with Crippen LogP contribution in [0.1, 0.15) is 23.6 Å². The molecule has 1 amide bonds. The molecule has 1 aliphatic rings. The van der Waals surface area contributed by atoms with Crippen molar-refractivity contribution in [3.63, 3.8) is 0 Å². The smallest absolute Gasteiger partial charge is 0.220 e. The molecule has 2 heterocycles. The fraction of sp³-hybridized carbons (Fsp3) is 0.421. The van der Waals surface area contributed by atoms with E-state index in [-0.39, 0.29) is 11.9 Å². The van der Waals surface area contributed by atoms with E-state index in [0.29, 0.717) is 13.0 Å². The van der Waals surface area contributed by atoms with Crippen LogP contribution in [0.15, 0.2) is 47.2 Å². The number of hydrogen-bond donors (Lipinski definition) is 1. The van der Waals surface area contributed by atoms with Crippen molar-refractivity contribution >= 4 is 17.2 Å². The van der Waals surface area contributed by atoms with Crippen LogP contribution >= 0.6 is 11.3 Å². The molecule has 24 heavy (non-hydrogen) atoms. The van der Waals surface area contributed by atoms with Gasteiger partial charge in [0.2, 0.25) is 5.91 Å². The Morgan fingerprint density at radius 1 is 1.21 bits per heavy atom. The first-order valence-electron chi connectivity index (χ1n) is 8.47. The highest BCUT2D eigenvalue weighted by Crippen LogP contribution is 2.23. The molecule has 1 saturated heterocycles. The predicted octanol–water partition coefficient (Wildman–Crippen LogP) is 2.87. The molecule has 2 aromatic rings. The van der Waals surface area contributed by atoms with Gasteiger partial charge >= 0.3 is 0 Å². The summed E-state index contributed by atoms with van der Waals surface area (Å²) in [7, 11) is 0. The lowest BCUT2D eigenvalue weighted by Gasteiger charge is -2.34. The van der Waals surface area contributed by atoms with Gasteiger partial charge in [-0.05, 0) is 34.4 Å². The van der Waals surface area contributed by atoms with E-state index in [4.69, 9.17) is 4.74 Å². The SMILES string of the molecule is O=C(CCc1ccccc1)NC[C@H](c1ccsc1)N1CCOCC1. The van der Waals surface area contributed by atoms with Crippen LogP contribution in [0.25, 0.3) is 0 Å². The summed E-state index contributed by atoms with van der Waals surface area (Å²) < 4.78 is 5.45. The Bertz CT molecular complexity index is 610. The highest BCUT2D eigenvalue weighted by atomic mass is 32.1. The number of carbonyl (C=O) groups is 1. The maximum Gasteiger partial charge on any atom is 0.220 e. The Labute approximate surface area is 147 Å². The standard InChI is InChI=1S/C19H24N2O2S/c22-19(7-6-16-4-2-1-3-5-16)20-14-18(17-8-13-24-15-17)21-9-11-23-12-10-21/h1-5,8,13,15,18H,6-7,9-12,14H2,(H,20,22)/t18-/m1/s1. The summed E-state index contributed by atoms with van der Waals surface area (Å²) >= 11 is 1.70. The number of amides is 1. The first kappa shape index (κ1) is 17.1. The maximum absolute atomic E-state index is 12.2. The van der Waals surface area contributed by atoms with Gasteiger partial charge in [0, 0.05) is 26.1 Å². The van der Waals surface area contributed by atoms with Gasteiger partial charge in [0.1, 0.15) is 0 Å². The maximum atomic E-state index is 12.2. The molecule has 1 fully saturated rings. The zero-order valence-corrected chi connectivity index (χ0v) is 14.6. The van der Waals surface area contributed by atoms with Crippen LogP contribution in [0.5, 0.6) is 0 Å². The van der Waals surface area contributed by atoms with E-state index in [0.717, 1.165) is 32.7 Å². The second kappa shape index (κ2) is 8.97. The van der Waals surface area contributed by atoms with Crippen LogP contribution < -0.4 is 5.32 Å². The second-order valence-electron chi connectivity index (χ2n) is 6.01. The Kier molecular flexibility index (Phi) is 6.41. The van der Waals surface area contributed by atoms with Crippen molar-refractivity contribution in [1.82, 2.24) is 10.2 Å². The monoisotopic (exact) mass is 344 g/mol. The number of nitrogens with zero attached hydrogens (tertiary/aromatic N) is 1. The first-order valence-corrected chi connectivity index (χ1v) is 9.42. The minimum Gasteiger partial charge on any atom is -0.379 e. The molecule has 0 saturated carbocycles. The van der Waals surface area contributed by atoms with Gasteiger partial charge < -0.3 is 10.1 Å². The average Bonchev–Trinajstić information content (AvgIpc) is 3.16. The molecule has 0 radical (unpaired) electrons. The highest BCUT2D eigenvalue weighted by molar-refractivity contribution is 7.07. The second-order valence-corrected chi connectivity index (χ2v) is 6.79. The number of hydrogen-bond acceptors (Lipinski definition) is 4. The third kappa shape index (κ3) is 4.90. The Morgan fingerprint density at radius 2 is 2.00 bits per heavy atom. The van der Waals surface area contributed by atoms with E-state index in [1.165, 1.54) is 11.1 Å². The molecule has 3 rings (SSSR count). The zero-order chi connectivity index (χ0) is 16.6. The molecular formula is C19H24N2O2S. The summed E-state index contributed by atoms with van der Waals surface area (Å²) in [6.45, 7) is 4.02. The summed E-state index contributed by atoms with van der Waals surface area (Å²) in [4.78, 5) is 14.6. The summed E-state index contributed by atoms with van der Waals surface area (Å²) in [6.07, 6.45) is 1.32. The van der Waals surface area contributed by atoms with Crippen molar-refractivity contribution in [2.75, 3.05) is 32.8 Å². The van der Waals surface area contributed by atoms with Crippen LogP contribution in [0.3, 0.4) is 0 Å². The molecular weight excluding hydrogens is 320 g/mol. The minimum atomic E-state index is 0.118. The fourth-order valence-corrected chi connectivity index (χ4v) is 3.72. The lowest BCUT2D eigenvalue weighted by molar-refractivity contribution is -0.121. The van der Waals surface area contributed by atoms with Gasteiger partial charge in [-0.3, -0.25) is 9.69 Å². The van der Waals surface area contributed by atoms with Crippen molar-refractivity contribution < 1.29 is 9.53 Å². The molecule has 0 aliphatic carbocycles. The highest BCUT2D eigenvalue weighted by Gasteiger charge is 2.23. The molecule has 1 atom stereocenters. The summed E-state index contributed by atoms with van der Waals surface area (Å²) in [5.74, 6) is 0.118. The molecule has 0 unspecified atom stereocenters. The van der Waals surface area contributed by atoms with Crippen LogP contribution in [-0.2, 0) is 16.0 Å².